The Kier molecular flexibility index (Phi) is 0.877. The van der Waals surface area contributed by atoms with Gasteiger partial charge in [-0.3, -0.25) is 0 Å². The maximum Gasteiger partial charge on any atom is 0.169 e. The van der Waals surface area contributed by atoms with Crippen molar-refractivity contribution in [3.8, 4) is 0 Å². The minimum Gasteiger partial charge on any atom is -0.485 e. The lowest BCUT2D eigenvalue weighted by molar-refractivity contribution is 0.0785. The van der Waals surface area contributed by atoms with Gasteiger partial charge in [0.05, 0.1) is 0 Å². The first kappa shape index (κ1) is 4.71. The van der Waals surface area contributed by atoms with Gasteiger partial charge in [-0.15, -0.1) is 5.73 Å². The Balaban J connectivity index is 2.32. The first-order chi connectivity index (χ1) is 4.47. The number of rotatable bonds is 0. The number of hydrogen-bond acceptors (Lipinski definition) is 2. The quantitative estimate of drug-likeness (QED) is 0.446. The highest BCUT2D eigenvalue weighted by Crippen LogP contribution is 2.18. The predicted molar refractivity (Wildman–Crippen MR) is 31.6 cm³/mol. The molecule has 0 spiro atoms. The summed E-state index contributed by atoms with van der Waals surface area (Å²) in [5, 5.41) is 0. The maximum atomic E-state index is 5.21. The number of hydrogen-bond donors (Lipinski definition) is 0. The van der Waals surface area contributed by atoms with E-state index in [1.54, 1.807) is 12.2 Å². The summed E-state index contributed by atoms with van der Waals surface area (Å²) in [5.41, 5.74) is 2.89. The van der Waals surface area contributed by atoms with Crippen LogP contribution in [0.3, 0.4) is 0 Å². The molecule has 2 nitrogen and oxygen atoms in total. The van der Waals surface area contributed by atoms with Gasteiger partial charge in [-0.25, -0.2) is 0 Å². The van der Waals surface area contributed by atoms with Gasteiger partial charge in [-0.1, -0.05) is 0 Å². The highest BCUT2D eigenvalue weighted by Gasteiger charge is 2.12. The first-order valence-electron chi connectivity index (χ1n) is 2.89. The minimum atomic E-state index is 0.658. The van der Waals surface area contributed by atoms with Crippen molar-refractivity contribution in [3.63, 3.8) is 0 Å². The fourth-order valence-corrected chi connectivity index (χ4v) is 0.864. The molecule has 2 rings (SSSR count). The third-order valence-electron chi connectivity index (χ3n) is 1.27. The molecule has 0 saturated carbocycles. The predicted octanol–water partition coefficient (Wildman–Crippen LogP) is 0.970. The van der Waals surface area contributed by atoms with Crippen LogP contribution in [0.1, 0.15) is 0 Å². The van der Waals surface area contributed by atoms with Gasteiger partial charge in [-0.2, -0.15) is 0 Å². The Bertz CT molecular complexity index is 199. The zero-order valence-electron chi connectivity index (χ0n) is 4.89. The fraction of sp³-hybridized carbons (Fsp3) is 0.286. The standard InChI is InChI=1S/C7H6O2/c1-2-6-7(3-1)9-5-4-8-6/h2-3H,4-5H2. The average molecular weight is 122 g/mol. The Morgan fingerprint density at radius 1 is 1.11 bits per heavy atom. The topological polar surface area (TPSA) is 18.5 Å². The molecule has 0 amide bonds. The smallest absolute Gasteiger partial charge is 0.169 e. The lowest BCUT2D eigenvalue weighted by Gasteiger charge is -2.14. The molecule has 0 saturated heterocycles. The molecule has 1 heterocycles. The van der Waals surface area contributed by atoms with Crippen LogP contribution < -0.4 is 0 Å². The van der Waals surface area contributed by atoms with E-state index in [1.807, 2.05) is 0 Å². The average Bonchev–Trinajstić information content (AvgIpc) is 2.33. The van der Waals surface area contributed by atoms with Gasteiger partial charge in [0.15, 0.2) is 11.5 Å². The molecule has 1 aliphatic heterocycles. The van der Waals surface area contributed by atoms with Crippen LogP contribution in [0.15, 0.2) is 29.4 Å². The third-order valence-corrected chi connectivity index (χ3v) is 1.27. The molecular weight excluding hydrogens is 116 g/mol. The second kappa shape index (κ2) is 1.67. The lowest BCUT2D eigenvalue weighted by atomic mass is 10.4. The van der Waals surface area contributed by atoms with Crippen molar-refractivity contribution in [2.75, 3.05) is 13.2 Å². The van der Waals surface area contributed by atoms with Crippen LogP contribution in [0.4, 0.5) is 0 Å². The zero-order chi connectivity index (χ0) is 6.10. The van der Waals surface area contributed by atoms with Crippen molar-refractivity contribution in [1.29, 1.82) is 0 Å². The monoisotopic (exact) mass is 122 g/mol. The van der Waals surface area contributed by atoms with Crippen LogP contribution in [-0.4, -0.2) is 13.2 Å². The highest BCUT2D eigenvalue weighted by atomic mass is 16.6. The first-order valence-corrected chi connectivity index (χ1v) is 2.89. The van der Waals surface area contributed by atoms with Crippen LogP contribution in [0.2, 0.25) is 0 Å². The molecule has 0 atom stereocenters. The van der Waals surface area contributed by atoms with Crippen molar-refractivity contribution in [2.24, 2.45) is 0 Å². The fourth-order valence-electron chi connectivity index (χ4n) is 0.864. The summed E-state index contributed by atoms with van der Waals surface area (Å²) in [5.74, 6) is 1.64. The molecule has 0 N–H and O–H groups in total. The molecule has 0 radical (unpaired) electrons. The maximum absolute atomic E-state index is 5.21. The summed E-state index contributed by atoms with van der Waals surface area (Å²) in [7, 11) is 0. The van der Waals surface area contributed by atoms with Crippen LogP contribution in [0.5, 0.6) is 0 Å². The molecule has 0 aromatic rings. The van der Waals surface area contributed by atoms with Gasteiger partial charge in [-0.05, 0) is 0 Å². The second-order valence-electron chi connectivity index (χ2n) is 1.88. The van der Waals surface area contributed by atoms with E-state index < -0.39 is 0 Å². The Morgan fingerprint density at radius 3 is 2.22 bits per heavy atom. The number of allylic oxidation sites excluding steroid dienone is 2. The van der Waals surface area contributed by atoms with Gasteiger partial charge in [0, 0.05) is 12.2 Å². The SMILES string of the molecule is C1=CC2=C(C=1)OCCO2. The molecule has 2 heteroatoms. The summed E-state index contributed by atoms with van der Waals surface area (Å²) in [6.07, 6.45) is 3.57. The van der Waals surface area contributed by atoms with Crippen molar-refractivity contribution in [1.82, 2.24) is 0 Å². The summed E-state index contributed by atoms with van der Waals surface area (Å²) >= 11 is 0. The molecule has 1 aliphatic carbocycles. The molecule has 0 aromatic carbocycles. The number of ether oxygens (including phenoxy) is 2. The van der Waals surface area contributed by atoms with Gasteiger partial charge in [0.2, 0.25) is 0 Å². The van der Waals surface area contributed by atoms with E-state index in [9.17, 15) is 0 Å². The van der Waals surface area contributed by atoms with E-state index in [1.165, 1.54) is 0 Å². The normalized spacial score (nSPS) is 21.3. The van der Waals surface area contributed by atoms with Crippen LogP contribution in [0, 0.1) is 0 Å². The van der Waals surface area contributed by atoms with Crippen LogP contribution >= 0.6 is 0 Å². The highest BCUT2D eigenvalue weighted by molar-refractivity contribution is 5.31. The molecule has 46 valence electrons. The van der Waals surface area contributed by atoms with E-state index in [2.05, 4.69) is 5.73 Å². The van der Waals surface area contributed by atoms with Crippen LogP contribution in [0.25, 0.3) is 0 Å². The van der Waals surface area contributed by atoms with Gasteiger partial charge in [0.25, 0.3) is 0 Å². The summed E-state index contributed by atoms with van der Waals surface area (Å²) in [6, 6.07) is 0. The lowest BCUT2D eigenvalue weighted by Crippen LogP contribution is -2.10. The molecule has 0 fully saturated rings. The van der Waals surface area contributed by atoms with E-state index in [0.717, 1.165) is 11.5 Å². The molecule has 0 bridgehead atoms. The second-order valence-corrected chi connectivity index (χ2v) is 1.88. The Morgan fingerprint density at radius 2 is 1.67 bits per heavy atom. The minimum absolute atomic E-state index is 0.658. The van der Waals surface area contributed by atoms with E-state index >= 15 is 0 Å². The third kappa shape index (κ3) is 0.644. The van der Waals surface area contributed by atoms with Gasteiger partial charge < -0.3 is 9.47 Å². The largest absolute Gasteiger partial charge is 0.485 e. The van der Waals surface area contributed by atoms with Crippen molar-refractivity contribution >= 4 is 0 Å². The van der Waals surface area contributed by atoms with E-state index in [4.69, 9.17) is 9.47 Å². The van der Waals surface area contributed by atoms with Crippen molar-refractivity contribution < 1.29 is 9.47 Å². The summed E-state index contributed by atoms with van der Waals surface area (Å²) in [6.45, 7) is 1.32. The van der Waals surface area contributed by atoms with Gasteiger partial charge >= 0.3 is 0 Å². The van der Waals surface area contributed by atoms with E-state index in [-0.39, 0.29) is 0 Å². The van der Waals surface area contributed by atoms with Crippen LogP contribution in [-0.2, 0) is 9.47 Å². The molecule has 2 aliphatic rings. The van der Waals surface area contributed by atoms with Gasteiger partial charge in [0.1, 0.15) is 13.2 Å². The molecular formula is C7H6O2. The Labute approximate surface area is 53.1 Å². The van der Waals surface area contributed by atoms with Crippen molar-refractivity contribution in [3.05, 3.63) is 29.4 Å². The Hall–Kier alpha value is -1.14. The molecule has 0 aromatic heterocycles. The summed E-state index contributed by atoms with van der Waals surface area (Å²) in [4.78, 5) is 0. The van der Waals surface area contributed by atoms with Crippen molar-refractivity contribution in [2.45, 2.75) is 0 Å². The molecule has 9 heavy (non-hydrogen) atoms. The van der Waals surface area contributed by atoms with E-state index in [0.29, 0.717) is 13.2 Å². The zero-order valence-corrected chi connectivity index (χ0v) is 4.89. The summed E-state index contributed by atoms with van der Waals surface area (Å²) < 4.78 is 10.4. The molecule has 0 unspecified atom stereocenters.